The Kier molecular flexibility index (Phi) is 2.91. The second kappa shape index (κ2) is 4.35. The Bertz CT molecular complexity index is 504. The summed E-state index contributed by atoms with van der Waals surface area (Å²) in [6.45, 7) is 4.25. The maximum atomic E-state index is 5.89. The van der Waals surface area contributed by atoms with E-state index in [0.29, 0.717) is 0 Å². The molecule has 0 aliphatic carbocycles. The molecule has 0 radical (unpaired) electrons. The molecular weight excluding hydrogens is 196 g/mol. The molecule has 0 unspecified atom stereocenters. The Morgan fingerprint density at radius 2 is 1.94 bits per heavy atom. The zero-order chi connectivity index (χ0) is 11.5. The van der Waals surface area contributed by atoms with Crippen molar-refractivity contribution in [2.24, 2.45) is 0 Å². The summed E-state index contributed by atoms with van der Waals surface area (Å²) in [5.41, 5.74) is 11.7. The minimum absolute atomic E-state index is 0.766. The fraction of sp³-hybridized carbons (Fsp3) is 0.214. The molecular formula is C14H16N2. The molecule has 0 atom stereocenters. The number of aryl methyl sites for hydroxylation is 2. The van der Waals surface area contributed by atoms with E-state index in [9.17, 15) is 0 Å². The standard InChI is InChI=1S/C14H16N2/c1-10-3-4-12(11(2)7-10)8-13-5-6-16-9-14(13)15/h3-7,9H,8,15H2,1-2H3. The lowest BCUT2D eigenvalue weighted by atomic mass is 9.99. The predicted octanol–water partition coefficient (Wildman–Crippen LogP) is 2.87. The lowest BCUT2D eigenvalue weighted by molar-refractivity contribution is 1.13. The molecule has 0 bridgehead atoms. The van der Waals surface area contributed by atoms with Gasteiger partial charge in [-0.25, -0.2) is 0 Å². The van der Waals surface area contributed by atoms with Crippen molar-refractivity contribution in [3.8, 4) is 0 Å². The molecule has 16 heavy (non-hydrogen) atoms. The molecule has 1 aromatic carbocycles. The van der Waals surface area contributed by atoms with E-state index in [1.165, 1.54) is 16.7 Å². The third-order valence-electron chi connectivity index (χ3n) is 2.83. The smallest absolute Gasteiger partial charge is 0.0536 e. The van der Waals surface area contributed by atoms with E-state index >= 15 is 0 Å². The van der Waals surface area contributed by atoms with Crippen LogP contribution < -0.4 is 5.73 Å². The van der Waals surface area contributed by atoms with Gasteiger partial charge < -0.3 is 5.73 Å². The number of rotatable bonds is 2. The number of nitrogens with zero attached hydrogens (tertiary/aromatic N) is 1. The average Bonchev–Trinajstić information content (AvgIpc) is 2.25. The van der Waals surface area contributed by atoms with Crippen LogP contribution in [0.2, 0.25) is 0 Å². The number of nitrogens with two attached hydrogens (primary N) is 1. The highest BCUT2D eigenvalue weighted by molar-refractivity contribution is 5.47. The van der Waals surface area contributed by atoms with Crippen LogP contribution in [0.3, 0.4) is 0 Å². The number of hydrogen-bond donors (Lipinski definition) is 1. The molecule has 2 heteroatoms. The first-order chi connectivity index (χ1) is 7.66. The topological polar surface area (TPSA) is 38.9 Å². The van der Waals surface area contributed by atoms with E-state index in [0.717, 1.165) is 17.7 Å². The van der Waals surface area contributed by atoms with Crippen LogP contribution in [0.15, 0.2) is 36.7 Å². The Morgan fingerprint density at radius 3 is 2.62 bits per heavy atom. The zero-order valence-corrected chi connectivity index (χ0v) is 9.70. The number of pyridine rings is 1. The molecule has 1 aromatic heterocycles. The van der Waals surface area contributed by atoms with Gasteiger partial charge in [0.15, 0.2) is 0 Å². The normalized spacial score (nSPS) is 10.4. The van der Waals surface area contributed by atoms with Gasteiger partial charge in [0.1, 0.15) is 0 Å². The fourth-order valence-electron chi connectivity index (χ4n) is 1.85. The van der Waals surface area contributed by atoms with Crippen molar-refractivity contribution in [1.29, 1.82) is 0 Å². The second-order valence-corrected chi connectivity index (χ2v) is 4.18. The summed E-state index contributed by atoms with van der Waals surface area (Å²) >= 11 is 0. The molecule has 0 amide bonds. The molecule has 2 aromatic rings. The Labute approximate surface area is 96.1 Å². The summed E-state index contributed by atoms with van der Waals surface area (Å²) in [4.78, 5) is 4.00. The molecule has 0 spiro atoms. The van der Waals surface area contributed by atoms with E-state index < -0.39 is 0 Å². The summed E-state index contributed by atoms with van der Waals surface area (Å²) in [6, 6.07) is 8.49. The molecule has 82 valence electrons. The second-order valence-electron chi connectivity index (χ2n) is 4.18. The largest absolute Gasteiger partial charge is 0.397 e. The molecule has 2 N–H and O–H groups in total. The van der Waals surface area contributed by atoms with Crippen LogP contribution in [0.4, 0.5) is 5.69 Å². The first kappa shape index (κ1) is 10.7. The lowest BCUT2D eigenvalue weighted by Crippen LogP contribution is -1.98. The fourth-order valence-corrected chi connectivity index (χ4v) is 1.85. The van der Waals surface area contributed by atoms with E-state index in [1.807, 2.05) is 6.07 Å². The molecule has 0 saturated heterocycles. The third kappa shape index (κ3) is 2.22. The van der Waals surface area contributed by atoms with E-state index in [1.54, 1.807) is 12.4 Å². The Hall–Kier alpha value is -1.83. The van der Waals surface area contributed by atoms with Gasteiger partial charge in [-0.05, 0) is 43.0 Å². The van der Waals surface area contributed by atoms with Gasteiger partial charge in [-0.15, -0.1) is 0 Å². The monoisotopic (exact) mass is 212 g/mol. The van der Waals surface area contributed by atoms with Crippen molar-refractivity contribution in [3.05, 3.63) is 58.9 Å². The van der Waals surface area contributed by atoms with E-state index in [2.05, 4.69) is 37.0 Å². The van der Waals surface area contributed by atoms with E-state index in [4.69, 9.17) is 5.73 Å². The highest BCUT2D eigenvalue weighted by atomic mass is 14.7. The highest BCUT2D eigenvalue weighted by Gasteiger charge is 2.03. The van der Waals surface area contributed by atoms with Gasteiger partial charge in [0, 0.05) is 6.20 Å². The first-order valence-corrected chi connectivity index (χ1v) is 5.41. The molecule has 2 rings (SSSR count). The number of hydrogen-bond acceptors (Lipinski definition) is 2. The quantitative estimate of drug-likeness (QED) is 0.831. The van der Waals surface area contributed by atoms with Gasteiger partial charge in [-0.1, -0.05) is 23.8 Å². The van der Waals surface area contributed by atoms with Crippen molar-refractivity contribution in [1.82, 2.24) is 4.98 Å². The highest BCUT2D eigenvalue weighted by Crippen LogP contribution is 2.18. The molecule has 0 aliphatic rings. The van der Waals surface area contributed by atoms with Gasteiger partial charge in [0.2, 0.25) is 0 Å². The van der Waals surface area contributed by atoms with Crippen molar-refractivity contribution in [3.63, 3.8) is 0 Å². The minimum Gasteiger partial charge on any atom is -0.397 e. The Balaban J connectivity index is 2.31. The van der Waals surface area contributed by atoms with Crippen LogP contribution >= 0.6 is 0 Å². The summed E-state index contributed by atoms with van der Waals surface area (Å²) in [5.74, 6) is 0. The summed E-state index contributed by atoms with van der Waals surface area (Å²) in [5, 5.41) is 0. The third-order valence-corrected chi connectivity index (χ3v) is 2.83. The van der Waals surface area contributed by atoms with Crippen molar-refractivity contribution in [2.75, 3.05) is 5.73 Å². The molecule has 0 saturated carbocycles. The van der Waals surface area contributed by atoms with Crippen LogP contribution in [0.1, 0.15) is 22.3 Å². The molecule has 2 nitrogen and oxygen atoms in total. The number of aromatic nitrogens is 1. The summed E-state index contributed by atoms with van der Waals surface area (Å²) in [6.07, 6.45) is 4.37. The number of nitrogen functional groups attached to an aromatic ring is 1. The van der Waals surface area contributed by atoms with Crippen molar-refractivity contribution >= 4 is 5.69 Å². The Morgan fingerprint density at radius 1 is 1.12 bits per heavy atom. The lowest BCUT2D eigenvalue weighted by Gasteiger charge is -2.08. The van der Waals surface area contributed by atoms with Gasteiger partial charge in [-0.2, -0.15) is 0 Å². The van der Waals surface area contributed by atoms with Crippen molar-refractivity contribution < 1.29 is 0 Å². The van der Waals surface area contributed by atoms with Crippen LogP contribution in [-0.4, -0.2) is 4.98 Å². The van der Waals surface area contributed by atoms with Crippen LogP contribution in [0, 0.1) is 13.8 Å². The maximum Gasteiger partial charge on any atom is 0.0536 e. The number of benzene rings is 1. The SMILES string of the molecule is Cc1ccc(Cc2ccncc2N)c(C)c1. The van der Waals surface area contributed by atoms with Crippen LogP contribution in [-0.2, 0) is 6.42 Å². The van der Waals surface area contributed by atoms with Gasteiger partial charge in [-0.3, -0.25) is 4.98 Å². The van der Waals surface area contributed by atoms with Crippen LogP contribution in [0.25, 0.3) is 0 Å². The van der Waals surface area contributed by atoms with E-state index in [-0.39, 0.29) is 0 Å². The predicted molar refractivity (Wildman–Crippen MR) is 67.4 cm³/mol. The minimum atomic E-state index is 0.766. The molecule has 1 heterocycles. The van der Waals surface area contributed by atoms with Crippen LogP contribution in [0.5, 0.6) is 0 Å². The molecule has 0 aliphatic heterocycles. The number of anilines is 1. The van der Waals surface area contributed by atoms with Gasteiger partial charge in [0.25, 0.3) is 0 Å². The van der Waals surface area contributed by atoms with Crippen molar-refractivity contribution in [2.45, 2.75) is 20.3 Å². The zero-order valence-electron chi connectivity index (χ0n) is 9.70. The van der Waals surface area contributed by atoms with Gasteiger partial charge in [0.05, 0.1) is 11.9 Å². The average molecular weight is 212 g/mol. The molecule has 0 fully saturated rings. The summed E-state index contributed by atoms with van der Waals surface area (Å²) in [7, 11) is 0. The van der Waals surface area contributed by atoms with Gasteiger partial charge >= 0.3 is 0 Å². The first-order valence-electron chi connectivity index (χ1n) is 5.41. The summed E-state index contributed by atoms with van der Waals surface area (Å²) < 4.78 is 0. The maximum absolute atomic E-state index is 5.89.